The second-order valence-electron chi connectivity index (χ2n) is 5.52. The first kappa shape index (κ1) is 16.1. The van der Waals surface area contributed by atoms with Gasteiger partial charge in [0.15, 0.2) is 5.16 Å². The van der Waals surface area contributed by atoms with E-state index >= 15 is 0 Å². The second kappa shape index (κ2) is 7.68. The molecule has 1 heterocycles. The number of nitrogens with zero attached hydrogens (tertiary/aromatic N) is 4. The van der Waals surface area contributed by atoms with E-state index in [1.807, 2.05) is 0 Å². The van der Waals surface area contributed by atoms with Gasteiger partial charge in [0.25, 0.3) is 0 Å². The number of carboxylic acid groups (broad SMARTS) is 1. The molecule has 2 rings (SSSR count). The smallest absolute Gasteiger partial charge is 0.313 e. The monoisotopic (exact) mass is 312 g/mol. The van der Waals surface area contributed by atoms with E-state index in [4.69, 9.17) is 5.11 Å². The van der Waals surface area contributed by atoms with Crippen LogP contribution in [0.3, 0.4) is 0 Å². The topological polar surface area (TPSA) is 71.2 Å². The molecule has 0 unspecified atom stereocenters. The molecule has 1 aliphatic rings. The Bertz CT molecular complexity index is 472. The number of thioether (sulfide) groups is 1. The first-order valence-corrected chi connectivity index (χ1v) is 8.62. The van der Waals surface area contributed by atoms with E-state index in [9.17, 15) is 4.79 Å². The minimum atomic E-state index is -0.826. The molecule has 0 atom stereocenters. The highest BCUT2D eigenvalue weighted by Gasteiger charge is 2.23. The number of aromatic nitrogens is 3. The van der Waals surface area contributed by atoms with Crippen molar-refractivity contribution in [3.8, 4) is 0 Å². The molecular weight excluding hydrogens is 288 g/mol. The van der Waals surface area contributed by atoms with E-state index in [0.717, 1.165) is 18.9 Å². The van der Waals surface area contributed by atoms with Crippen molar-refractivity contribution in [2.24, 2.45) is 0 Å². The lowest BCUT2D eigenvalue weighted by Crippen LogP contribution is -2.35. The second-order valence-corrected chi connectivity index (χ2v) is 6.46. The predicted octanol–water partition coefficient (Wildman–Crippen LogP) is 2.63. The summed E-state index contributed by atoms with van der Waals surface area (Å²) in [5.41, 5.74) is 0. The molecule has 6 nitrogen and oxygen atoms in total. The zero-order chi connectivity index (χ0) is 15.2. The third-order valence-corrected chi connectivity index (χ3v) is 4.86. The van der Waals surface area contributed by atoms with E-state index in [-0.39, 0.29) is 5.75 Å². The zero-order valence-electron chi connectivity index (χ0n) is 12.8. The third kappa shape index (κ3) is 4.12. The molecule has 1 N–H and O–H groups in total. The molecule has 0 bridgehead atoms. The summed E-state index contributed by atoms with van der Waals surface area (Å²) in [5.74, 6) is 0.0690. The van der Waals surface area contributed by atoms with Crippen molar-refractivity contribution in [3.05, 3.63) is 0 Å². The van der Waals surface area contributed by atoms with Gasteiger partial charge in [-0.25, -0.2) is 0 Å². The van der Waals surface area contributed by atoms with Crippen LogP contribution in [0.4, 0.5) is 5.95 Å². The average molecular weight is 312 g/mol. The normalized spacial score (nSPS) is 16.1. The van der Waals surface area contributed by atoms with Crippen molar-refractivity contribution in [3.63, 3.8) is 0 Å². The highest BCUT2D eigenvalue weighted by Crippen LogP contribution is 2.28. The van der Waals surface area contributed by atoms with Crippen LogP contribution in [0.5, 0.6) is 0 Å². The molecule has 1 aliphatic carbocycles. The standard InChI is InChI=1S/C14H24N4O2S/c1-3-9-18-13(15-16-14(18)21-10-12(19)20)17(2)11-7-5-4-6-8-11/h11H,3-10H2,1-2H3,(H,19,20). The van der Waals surface area contributed by atoms with E-state index in [0.29, 0.717) is 11.2 Å². The minimum Gasteiger partial charge on any atom is -0.481 e. The number of carbonyl (C=O) groups is 1. The van der Waals surface area contributed by atoms with Crippen LogP contribution in [0.25, 0.3) is 0 Å². The third-order valence-electron chi connectivity index (χ3n) is 3.91. The summed E-state index contributed by atoms with van der Waals surface area (Å²) in [4.78, 5) is 13.0. The fourth-order valence-corrected chi connectivity index (χ4v) is 3.51. The van der Waals surface area contributed by atoms with Crippen LogP contribution in [0.2, 0.25) is 0 Å². The Kier molecular flexibility index (Phi) is 5.90. The quantitative estimate of drug-likeness (QED) is 0.780. The Labute approximate surface area is 129 Å². The van der Waals surface area contributed by atoms with Gasteiger partial charge in [-0.05, 0) is 19.3 Å². The number of hydrogen-bond donors (Lipinski definition) is 1. The van der Waals surface area contributed by atoms with Crippen molar-refractivity contribution in [1.29, 1.82) is 0 Å². The summed E-state index contributed by atoms with van der Waals surface area (Å²) in [6.07, 6.45) is 7.26. The van der Waals surface area contributed by atoms with Crippen LogP contribution < -0.4 is 4.90 Å². The largest absolute Gasteiger partial charge is 0.481 e. The van der Waals surface area contributed by atoms with Crippen LogP contribution >= 0.6 is 11.8 Å². The summed E-state index contributed by atoms with van der Waals surface area (Å²) < 4.78 is 2.06. The molecule has 0 amide bonds. The van der Waals surface area contributed by atoms with Crippen molar-refractivity contribution in [1.82, 2.24) is 14.8 Å². The van der Waals surface area contributed by atoms with Gasteiger partial charge in [-0.3, -0.25) is 9.36 Å². The van der Waals surface area contributed by atoms with Crippen LogP contribution in [0.15, 0.2) is 5.16 Å². The summed E-state index contributed by atoms with van der Waals surface area (Å²) in [7, 11) is 2.08. The van der Waals surface area contributed by atoms with Gasteiger partial charge in [-0.15, -0.1) is 10.2 Å². The highest BCUT2D eigenvalue weighted by atomic mass is 32.2. The Morgan fingerprint density at radius 2 is 2.10 bits per heavy atom. The molecule has 0 aliphatic heterocycles. The maximum Gasteiger partial charge on any atom is 0.313 e. The van der Waals surface area contributed by atoms with E-state index in [1.165, 1.54) is 43.9 Å². The van der Waals surface area contributed by atoms with Crippen molar-refractivity contribution in [2.75, 3.05) is 17.7 Å². The van der Waals surface area contributed by atoms with Gasteiger partial charge in [-0.1, -0.05) is 37.9 Å². The maximum absolute atomic E-state index is 10.7. The SMILES string of the molecule is CCCn1c(SCC(=O)O)nnc1N(C)C1CCCCC1. The number of carboxylic acids is 1. The highest BCUT2D eigenvalue weighted by molar-refractivity contribution is 7.99. The number of anilines is 1. The van der Waals surface area contributed by atoms with Crippen molar-refractivity contribution in [2.45, 2.75) is 63.2 Å². The first-order valence-electron chi connectivity index (χ1n) is 7.64. The van der Waals surface area contributed by atoms with E-state index < -0.39 is 5.97 Å². The van der Waals surface area contributed by atoms with E-state index in [2.05, 4.69) is 33.6 Å². The van der Waals surface area contributed by atoms with Gasteiger partial charge < -0.3 is 10.0 Å². The fraction of sp³-hybridized carbons (Fsp3) is 0.786. The van der Waals surface area contributed by atoms with Crippen LogP contribution in [0.1, 0.15) is 45.4 Å². The fourth-order valence-electron chi connectivity index (χ4n) is 2.83. The van der Waals surface area contributed by atoms with Gasteiger partial charge >= 0.3 is 5.97 Å². The van der Waals surface area contributed by atoms with Crippen LogP contribution in [-0.2, 0) is 11.3 Å². The molecule has 21 heavy (non-hydrogen) atoms. The maximum atomic E-state index is 10.7. The molecule has 1 aromatic heterocycles. The Balaban J connectivity index is 2.15. The Hall–Kier alpha value is -1.24. The molecule has 1 fully saturated rings. The van der Waals surface area contributed by atoms with Gasteiger partial charge in [0, 0.05) is 19.6 Å². The molecule has 7 heteroatoms. The minimum absolute atomic E-state index is 0.0228. The summed E-state index contributed by atoms with van der Waals surface area (Å²) >= 11 is 1.24. The van der Waals surface area contributed by atoms with Crippen molar-refractivity contribution < 1.29 is 9.90 Å². The first-order chi connectivity index (χ1) is 10.1. The summed E-state index contributed by atoms with van der Waals surface area (Å²) in [6.45, 7) is 2.93. The van der Waals surface area contributed by atoms with Crippen molar-refractivity contribution >= 4 is 23.7 Å². The average Bonchev–Trinajstić information content (AvgIpc) is 2.88. The lowest BCUT2D eigenvalue weighted by Gasteiger charge is -2.32. The van der Waals surface area contributed by atoms with Gasteiger partial charge in [0.1, 0.15) is 0 Å². The van der Waals surface area contributed by atoms with Crippen LogP contribution in [0, 0.1) is 0 Å². The molecule has 1 saturated carbocycles. The molecule has 118 valence electrons. The van der Waals surface area contributed by atoms with E-state index in [1.54, 1.807) is 0 Å². The molecule has 0 radical (unpaired) electrons. The molecular formula is C14H24N4O2S. The molecule has 0 spiro atoms. The summed E-state index contributed by atoms with van der Waals surface area (Å²) in [6, 6.07) is 0.524. The molecule has 0 saturated heterocycles. The lowest BCUT2D eigenvalue weighted by molar-refractivity contribution is -0.133. The summed E-state index contributed by atoms with van der Waals surface area (Å²) in [5, 5.41) is 18.0. The zero-order valence-corrected chi connectivity index (χ0v) is 13.6. The molecule has 1 aromatic rings. The van der Waals surface area contributed by atoms with Gasteiger partial charge in [0.05, 0.1) is 5.75 Å². The Morgan fingerprint density at radius 1 is 1.38 bits per heavy atom. The Morgan fingerprint density at radius 3 is 2.71 bits per heavy atom. The van der Waals surface area contributed by atoms with Gasteiger partial charge in [0.2, 0.25) is 5.95 Å². The predicted molar refractivity (Wildman–Crippen MR) is 83.9 cm³/mol. The number of rotatable bonds is 7. The molecule has 0 aromatic carbocycles. The number of hydrogen-bond acceptors (Lipinski definition) is 5. The lowest BCUT2D eigenvalue weighted by atomic mass is 9.95. The van der Waals surface area contributed by atoms with Crippen LogP contribution in [-0.4, -0.2) is 44.7 Å². The number of aliphatic carboxylic acids is 1. The van der Waals surface area contributed by atoms with Gasteiger partial charge in [-0.2, -0.15) is 0 Å².